The van der Waals surface area contributed by atoms with Crippen molar-refractivity contribution in [1.82, 2.24) is 0 Å². The third-order valence-corrected chi connectivity index (χ3v) is 4.81. The van der Waals surface area contributed by atoms with Gasteiger partial charge in [0, 0.05) is 11.0 Å². The first-order chi connectivity index (χ1) is 10.6. The normalized spacial score (nSPS) is 12.0. The molecule has 0 amide bonds. The molecule has 4 nitrogen and oxygen atoms in total. The molecule has 0 bridgehead atoms. The quantitative estimate of drug-likeness (QED) is 0.861. The second-order valence-electron chi connectivity index (χ2n) is 6.54. The molecule has 0 aromatic heterocycles. The number of hydrogen-bond donors (Lipinski definition) is 1. The number of para-hydroxylation sites is 1. The molecular formula is C18H21NO3S. The average Bonchev–Trinajstić information content (AvgIpc) is 2.46. The molecule has 0 saturated heterocycles. The molecule has 0 saturated carbocycles. The van der Waals surface area contributed by atoms with Crippen molar-refractivity contribution in [2.75, 3.05) is 4.72 Å². The maximum Gasteiger partial charge on any atom is 0.261 e. The average molecular weight is 331 g/mol. The first-order valence-corrected chi connectivity index (χ1v) is 8.83. The van der Waals surface area contributed by atoms with Gasteiger partial charge in [-0.1, -0.05) is 50.6 Å². The molecule has 0 atom stereocenters. The Hall–Kier alpha value is -2.14. The lowest BCUT2D eigenvalue weighted by atomic mass is 9.86. The summed E-state index contributed by atoms with van der Waals surface area (Å²) in [5.74, 6) is -0.111. The van der Waals surface area contributed by atoms with E-state index in [1.807, 2.05) is 6.92 Å². The number of anilines is 1. The lowest BCUT2D eigenvalue weighted by Gasteiger charge is -2.19. The zero-order valence-corrected chi connectivity index (χ0v) is 14.6. The van der Waals surface area contributed by atoms with E-state index in [9.17, 15) is 13.2 Å². The van der Waals surface area contributed by atoms with E-state index >= 15 is 0 Å². The van der Waals surface area contributed by atoms with Gasteiger partial charge in [-0.05, 0) is 31.2 Å². The number of benzene rings is 2. The highest BCUT2D eigenvalue weighted by atomic mass is 32.2. The van der Waals surface area contributed by atoms with Crippen LogP contribution in [0.5, 0.6) is 0 Å². The van der Waals surface area contributed by atoms with Crippen LogP contribution in [0.1, 0.15) is 36.7 Å². The summed E-state index contributed by atoms with van der Waals surface area (Å²) in [7, 11) is -3.73. The van der Waals surface area contributed by atoms with Gasteiger partial charge in [-0.2, -0.15) is 0 Å². The van der Waals surface area contributed by atoms with Crippen LogP contribution in [-0.2, 0) is 10.0 Å². The van der Waals surface area contributed by atoms with E-state index in [4.69, 9.17) is 0 Å². The third-order valence-electron chi connectivity index (χ3n) is 3.43. The Labute approximate surface area is 137 Å². The Kier molecular flexibility index (Phi) is 4.61. The molecule has 0 fully saturated rings. The first-order valence-electron chi connectivity index (χ1n) is 7.34. The van der Waals surface area contributed by atoms with Gasteiger partial charge in [-0.25, -0.2) is 8.42 Å². The summed E-state index contributed by atoms with van der Waals surface area (Å²) in [6, 6.07) is 13.2. The van der Waals surface area contributed by atoms with Crippen LogP contribution in [0, 0.1) is 12.3 Å². The first kappa shape index (κ1) is 17.2. The van der Waals surface area contributed by atoms with Crippen molar-refractivity contribution in [2.24, 2.45) is 5.41 Å². The van der Waals surface area contributed by atoms with Crippen molar-refractivity contribution in [2.45, 2.75) is 32.6 Å². The molecule has 2 aromatic carbocycles. The summed E-state index contributed by atoms with van der Waals surface area (Å²) < 4.78 is 27.6. The molecule has 122 valence electrons. The van der Waals surface area contributed by atoms with Gasteiger partial charge in [0.25, 0.3) is 10.0 Å². The number of ketones is 1. The molecule has 23 heavy (non-hydrogen) atoms. The summed E-state index contributed by atoms with van der Waals surface area (Å²) in [5.41, 5.74) is 1.06. The number of Topliss-reactive ketones (excluding diaryl/α,β-unsaturated/α-hetero) is 1. The molecule has 0 aliphatic heterocycles. The van der Waals surface area contributed by atoms with Crippen LogP contribution in [0.4, 0.5) is 5.69 Å². The molecule has 0 radical (unpaired) electrons. The summed E-state index contributed by atoms with van der Waals surface area (Å²) in [4.78, 5) is 12.7. The van der Waals surface area contributed by atoms with E-state index in [1.54, 1.807) is 69.3 Å². The molecule has 0 aliphatic carbocycles. The second-order valence-corrected chi connectivity index (χ2v) is 8.23. The Morgan fingerprint density at radius 1 is 0.957 bits per heavy atom. The molecule has 0 aliphatic rings. The standard InChI is InChI=1S/C18H21NO3S/c1-13-9-11-14(12-10-13)23(21,22)19-16-8-6-5-7-15(16)17(20)18(2,3)4/h5-12,19H,1-4H3. The van der Waals surface area contributed by atoms with E-state index in [2.05, 4.69) is 4.72 Å². The molecule has 2 rings (SSSR count). The molecule has 5 heteroatoms. The van der Waals surface area contributed by atoms with Crippen LogP contribution in [0.25, 0.3) is 0 Å². The number of hydrogen-bond acceptors (Lipinski definition) is 3. The summed E-state index contributed by atoms with van der Waals surface area (Å²) >= 11 is 0. The molecule has 2 aromatic rings. The number of aryl methyl sites for hydroxylation is 1. The predicted molar refractivity (Wildman–Crippen MR) is 92.2 cm³/mol. The van der Waals surface area contributed by atoms with Crippen molar-refractivity contribution in [3.63, 3.8) is 0 Å². The van der Waals surface area contributed by atoms with Crippen molar-refractivity contribution >= 4 is 21.5 Å². The summed E-state index contributed by atoms with van der Waals surface area (Å²) in [6.45, 7) is 7.31. The fourth-order valence-corrected chi connectivity index (χ4v) is 3.17. The largest absolute Gasteiger partial charge is 0.294 e. The van der Waals surface area contributed by atoms with Crippen molar-refractivity contribution < 1.29 is 13.2 Å². The minimum absolute atomic E-state index is 0.111. The van der Waals surface area contributed by atoms with Crippen LogP contribution in [0.15, 0.2) is 53.4 Å². The summed E-state index contributed by atoms with van der Waals surface area (Å²) in [5, 5.41) is 0. The lowest BCUT2D eigenvalue weighted by molar-refractivity contribution is 0.0859. The Balaban J connectivity index is 2.41. The van der Waals surface area contributed by atoms with Gasteiger partial charge >= 0.3 is 0 Å². The molecular weight excluding hydrogens is 310 g/mol. The predicted octanol–water partition coefficient (Wildman–Crippen LogP) is 4.02. The van der Waals surface area contributed by atoms with Gasteiger partial charge in [-0.3, -0.25) is 9.52 Å². The van der Waals surface area contributed by atoms with Crippen LogP contribution in [0.3, 0.4) is 0 Å². The van der Waals surface area contributed by atoms with Gasteiger partial charge in [-0.15, -0.1) is 0 Å². The maximum atomic E-state index is 12.5. The highest BCUT2D eigenvalue weighted by Gasteiger charge is 2.26. The zero-order chi connectivity index (χ0) is 17.3. The fraction of sp³-hybridized carbons (Fsp3) is 0.278. The number of sulfonamides is 1. The number of carbonyl (C=O) groups is 1. The number of nitrogens with one attached hydrogen (secondary N) is 1. The molecule has 0 heterocycles. The Bertz CT molecular complexity index is 816. The second kappa shape index (κ2) is 6.16. The van der Waals surface area contributed by atoms with Crippen molar-refractivity contribution in [1.29, 1.82) is 0 Å². The van der Waals surface area contributed by atoms with Gasteiger partial charge < -0.3 is 0 Å². The Morgan fingerprint density at radius 3 is 2.09 bits per heavy atom. The van der Waals surface area contributed by atoms with E-state index in [-0.39, 0.29) is 10.7 Å². The molecule has 0 unspecified atom stereocenters. The van der Waals surface area contributed by atoms with E-state index in [0.717, 1.165) is 5.56 Å². The smallest absolute Gasteiger partial charge is 0.261 e. The van der Waals surface area contributed by atoms with Gasteiger partial charge in [0.15, 0.2) is 5.78 Å². The van der Waals surface area contributed by atoms with Crippen LogP contribution in [-0.4, -0.2) is 14.2 Å². The van der Waals surface area contributed by atoms with Crippen molar-refractivity contribution in [3.05, 3.63) is 59.7 Å². The Morgan fingerprint density at radius 2 is 1.52 bits per heavy atom. The minimum Gasteiger partial charge on any atom is -0.294 e. The van der Waals surface area contributed by atoms with Crippen molar-refractivity contribution in [3.8, 4) is 0 Å². The van der Waals surface area contributed by atoms with E-state index in [1.165, 1.54) is 0 Å². The molecule has 0 spiro atoms. The van der Waals surface area contributed by atoms with Gasteiger partial charge in [0.05, 0.1) is 10.6 Å². The van der Waals surface area contributed by atoms with Gasteiger partial charge in [0.1, 0.15) is 0 Å². The van der Waals surface area contributed by atoms with E-state index < -0.39 is 15.4 Å². The zero-order valence-electron chi connectivity index (χ0n) is 13.8. The van der Waals surface area contributed by atoms with Crippen LogP contribution >= 0.6 is 0 Å². The third kappa shape index (κ3) is 3.99. The highest BCUT2D eigenvalue weighted by molar-refractivity contribution is 7.92. The lowest BCUT2D eigenvalue weighted by Crippen LogP contribution is -2.23. The van der Waals surface area contributed by atoms with Crippen LogP contribution < -0.4 is 4.72 Å². The topological polar surface area (TPSA) is 63.2 Å². The summed E-state index contributed by atoms with van der Waals surface area (Å²) in [6.07, 6.45) is 0. The van der Waals surface area contributed by atoms with E-state index in [0.29, 0.717) is 11.3 Å². The fourth-order valence-electron chi connectivity index (χ4n) is 2.10. The monoisotopic (exact) mass is 331 g/mol. The minimum atomic E-state index is -3.73. The van der Waals surface area contributed by atoms with Crippen LogP contribution in [0.2, 0.25) is 0 Å². The number of carbonyl (C=O) groups excluding carboxylic acids is 1. The SMILES string of the molecule is Cc1ccc(S(=O)(=O)Nc2ccccc2C(=O)C(C)(C)C)cc1. The van der Waals surface area contributed by atoms with Gasteiger partial charge in [0.2, 0.25) is 0 Å². The number of rotatable bonds is 4. The maximum absolute atomic E-state index is 12.5. The molecule has 1 N–H and O–H groups in total. The highest BCUT2D eigenvalue weighted by Crippen LogP contribution is 2.27.